The van der Waals surface area contributed by atoms with Crippen molar-refractivity contribution in [3.8, 4) is 0 Å². The lowest BCUT2D eigenvalue weighted by Crippen LogP contribution is -2.62. The second-order valence-electron chi connectivity index (χ2n) is 10.5. The Kier molecular flexibility index (Phi) is 18.2. The highest BCUT2D eigenvalue weighted by Crippen LogP contribution is 2.23. The topological polar surface area (TPSA) is 41.5 Å². The fourth-order valence-corrected chi connectivity index (χ4v) is 5.44. The van der Waals surface area contributed by atoms with E-state index in [4.69, 9.17) is 4.99 Å². The number of carbonyl (C=O) groups is 1. The maximum Gasteiger partial charge on any atom is 0.221 e. The van der Waals surface area contributed by atoms with Crippen LogP contribution in [0.2, 0.25) is 0 Å². The van der Waals surface area contributed by atoms with Gasteiger partial charge in [0.15, 0.2) is 12.0 Å². The molecule has 1 rings (SSSR count). The fourth-order valence-electron chi connectivity index (χ4n) is 5.44. The second-order valence-corrected chi connectivity index (χ2v) is 10.5. The molecule has 0 saturated heterocycles. The predicted molar refractivity (Wildman–Crippen MR) is 149 cm³/mol. The van der Waals surface area contributed by atoms with E-state index in [0.29, 0.717) is 0 Å². The molecule has 0 aromatic rings. The Morgan fingerprint density at radius 1 is 0.853 bits per heavy atom. The van der Waals surface area contributed by atoms with Gasteiger partial charge in [-0.15, -0.1) is 0 Å². The third kappa shape index (κ3) is 13.1. The van der Waals surface area contributed by atoms with E-state index in [1.165, 1.54) is 115 Å². The van der Waals surface area contributed by atoms with Crippen LogP contribution >= 0.6 is 0 Å². The maximum absolute atomic E-state index is 11.6. The van der Waals surface area contributed by atoms with E-state index in [2.05, 4.69) is 38.2 Å². The van der Waals surface area contributed by atoms with Crippen molar-refractivity contribution in [3.63, 3.8) is 0 Å². The highest BCUT2D eigenvalue weighted by Gasteiger charge is 2.41. The van der Waals surface area contributed by atoms with Crippen LogP contribution in [-0.4, -0.2) is 42.0 Å². The lowest BCUT2D eigenvalue weighted by molar-refractivity contribution is -0.861. The number of hydrogen-bond acceptors (Lipinski definition) is 2. The molecule has 0 radical (unpaired) electrons. The van der Waals surface area contributed by atoms with Crippen molar-refractivity contribution in [2.75, 3.05) is 19.6 Å². The summed E-state index contributed by atoms with van der Waals surface area (Å²) in [6.07, 6.45) is 29.2. The molecule has 2 unspecified atom stereocenters. The van der Waals surface area contributed by atoms with Crippen LogP contribution in [-0.2, 0) is 4.79 Å². The lowest BCUT2D eigenvalue weighted by atomic mass is 10.0. The third-order valence-corrected chi connectivity index (χ3v) is 7.69. The summed E-state index contributed by atoms with van der Waals surface area (Å²) in [5, 5.41) is 3.12. The molecular weight excluding hydrogens is 418 g/mol. The zero-order valence-corrected chi connectivity index (χ0v) is 23.4. The first-order valence-corrected chi connectivity index (χ1v) is 14.9. The number of quaternary nitrogens is 1. The summed E-state index contributed by atoms with van der Waals surface area (Å²) in [4.78, 5) is 16.4. The summed E-state index contributed by atoms with van der Waals surface area (Å²) < 4.78 is 0.855. The zero-order chi connectivity index (χ0) is 24.9. The van der Waals surface area contributed by atoms with E-state index in [1.54, 1.807) is 6.92 Å². The minimum atomic E-state index is 0.0599. The molecule has 0 bridgehead atoms. The van der Waals surface area contributed by atoms with Crippen molar-refractivity contribution < 1.29 is 9.28 Å². The van der Waals surface area contributed by atoms with Crippen molar-refractivity contribution in [2.24, 2.45) is 4.99 Å². The van der Waals surface area contributed by atoms with Crippen molar-refractivity contribution in [1.29, 1.82) is 0 Å². The number of rotatable bonds is 22. The number of likely N-dealkylation sites (N-methyl/N-ethyl adjacent to an activating group) is 1. The minimum absolute atomic E-state index is 0.0599. The Bertz CT molecular complexity index is 571. The minimum Gasteiger partial charge on any atom is -0.307 e. The molecule has 4 nitrogen and oxygen atoms in total. The Balaban J connectivity index is 1.96. The van der Waals surface area contributed by atoms with Gasteiger partial charge >= 0.3 is 0 Å². The van der Waals surface area contributed by atoms with E-state index in [0.717, 1.165) is 30.5 Å². The molecule has 2 atom stereocenters. The first kappa shape index (κ1) is 30.9. The Morgan fingerprint density at radius 2 is 1.35 bits per heavy atom. The molecule has 1 aliphatic rings. The molecule has 0 saturated carbocycles. The maximum atomic E-state index is 11.6. The summed E-state index contributed by atoms with van der Waals surface area (Å²) in [5.74, 6) is 1.37. The summed E-state index contributed by atoms with van der Waals surface area (Å²) in [7, 11) is 0. The van der Waals surface area contributed by atoms with E-state index in [-0.39, 0.29) is 12.1 Å². The number of carbonyl (C=O) groups excluding carboxylic acids is 1. The van der Waals surface area contributed by atoms with Crippen LogP contribution < -0.4 is 5.32 Å². The largest absolute Gasteiger partial charge is 0.307 e. The van der Waals surface area contributed by atoms with Gasteiger partial charge in [-0.25, -0.2) is 4.99 Å². The number of aliphatic imine (C=N–C) groups is 1. The van der Waals surface area contributed by atoms with E-state index in [9.17, 15) is 4.79 Å². The molecule has 34 heavy (non-hydrogen) atoms. The van der Waals surface area contributed by atoms with Crippen LogP contribution in [0.1, 0.15) is 143 Å². The van der Waals surface area contributed by atoms with Gasteiger partial charge in [0, 0.05) is 20.3 Å². The summed E-state index contributed by atoms with van der Waals surface area (Å²) in [6.45, 7) is 11.2. The molecular formula is C30H58N3O+. The SMILES string of the molecule is CCCCCCCC/C=C/CCCCCCCCCCCC1=NCC[N+]1(CC)C(C)NC(C)=O. The van der Waals surface area contributed by atoms with Gasteiger partial charge in [0.1, 0.15) is 6.54 Å². The first-order chi connectivity index (χ1) is 16.6. The van der Waals surface area contributed by atoms with Crippen LogP contribution in [0.3, 0.4) is 0 Å². The predicted octanol–water partition coefficient (Wildman–Crippen LogP) is 8.32. The van der Waals surface area contributed by atoms with Crippen molar-refractivity contribution >= 4 is 11.7 Å². The van der Waals surface area contributed by atoms with Crippen molar-refractivity contribution in [3.05, 3.63) is 12.2 Å². The van der Waals surface area contributed by atoms with Crippen LogP contribution in [0.5, 0.6) is 0 Å². The number of amides is 1. The summed E-state index contributed by atoms with van der Waals surface area (Å²) in [5.41, 5.74) is 0. The molecule has 198 valence electrons. The molecule has 1 aliphatic heterocycles. The van der Waals surface area contributed by atoms with Crippen molar-refractivity contribution in [1.82, 2.24) is 5.32 Å². The molecule has 1 N–H and O–H groups in total. The van der Waals surface area contributed by atoms with Gasteiger partial charge in [0.05, 0.1) is 13.1 Å². The average Bonchev–Trinajstić information content (AvgIpc) is 3.24. The normalized spacial score (nSPS) is 19.0. The van der Waals surface area contributed by atoms with E-state index in [1.807, 2.05) is 0 Å². The number of nitrogens with one attached hydrogen (secondary N) is 1. The number of nitrogens with zero attached hydrogens (tertiary/aromatic N) is 2. The van der Waals surface area contributed by atoms with E-state index < -0.39 is 0 Å². The van der Waals surface area contributed by atoms with Gasteiger partial charge in [0.25, 0.3) is 0 Å². The quantitative estimate of drug-likeness (QED) is 0.0952. The number of unbranched alkanes of at least 4 members (excludes halogenated alkanes) is 15. The number of amidine groups is 1. The van der Waals surface area contributed by atoms with Gasteiger partial charge in [-0.05, 0) is 39.0 Å². The van der Waals surface area contributed by atoms with Gasteiger partial charge in [-0.1, -0.05) is 96.1 Å². The molecule has 1 amide bonds. The van der Waals surface area contributed by atoms with Crippen molar-refractivity contribution in [2.45, 2.75) is 149 Å². The molecule has 0 aromatic carbocycles. The molecule has 0 aliphatic carbocycles. The first-order valence-electron chi connectivity index (χ1n) is 14.9. The standard InChI is InChI=1S/C30H57N3O/c1-5-7-8-9-10-11-12-13-14-15-16-17-18-19-20-21-22-23-24-25-30-31-26-27-33(30,6-2)28(3)32-29(4)34/h13-14,28H,5-12,15-27H2,1-4H3/p+1/b14-13+. The lowest BCUT2D eigenvalue weighted by Gasteiger charge is -2.39. The zero-order valence-electron chi connectivity index (χ0n) is 23.4. The van der Waals surface area contributed by atoms with Crippen LogP contribution in [0.25, 0.3) is 0 Å². The highest BCUT2D eigenvalue weighted by molar-refractivity contribution is 5.78. The second kappa shape index (κ2) is 20.1. The fraction of sp³-hybridized carbons (Fsp3) is 0.867. The van der Waals surface area contributed by atoms with Gasteiger partial charge in [0.2, 0.25) is 5.91 Å². The van der Waals surface area contributed by atoms with Gasteiger partial charge < -0.3 is 5.32 Å². The van der Waals surface area contributed by atoms with Crippen LogP contribution in [0.4, 0.5) is 0 Å². The van der Waals surface area contributed by atoms with Gasteiger partial charge in [-0.2, -0.15) is 0 Å². The third-order valence-electron chi connectivity index (χ3n) is 7.69. The van der Waals surface area contributed by atoms with Gasteiger partial charge in [-0.3, -0.25) is 9.28 Å². The molecule has 0 aromatic heterocycles. The molecule has 0 fully saturated rings. The van der Waals surface area contributed by atoms with E-state index >= 15 is 0 Å². The summed E-state index contributed by atoms with van der Waals surface area (Å²) >= 11 is 0. The summed E-state index contributed by atoms with van der Waals surface area (Å²) in [6, 6.07) is 0. The molecule has 1 heterocycles. The molecule has 4 heteroatoms. The molecule has 0 spiro atoms. The average molecular weight is 477 g/mol. The highest BCUT2D eigenvalue weighted by atomic mass is 16.1. The monoisotopic (exact) mass is 476 g/mol. The number of allylic oxidation sites excluding steroid dienone is 2. The van der Waals surface area contributed by atoms with Crippen LogP contribution in [0, 0.1) is 0 Å². The van der Waals surface area contributed by atoms with Crippen LogP contribution in [0.15, 0.2) is 17.1 Å². The number of hydrogen-bond donors (Lipinski definition) is 1. The smallest absolute Gasteiger partial charge is 0.221 e. The Morgan fingerprint density at radius 3 is 1.85 bits per heavy atom. The Labute approximate surface area is 212 Å². The Hall–Kier alpha value is -1.16.